The van der Waals surface area contributed by atoms with Crippen molar-refractivity contribution in [1.29, 1.82) is 0 Å². The second-order valence-corrected chi connectivity index (χ2v) is 9.50. The van der Waals surface area contributed by atoms with Gasteiger partial charge in [-0.15, -0.1) is 0 Å². The third-order valence-corrected chi connectivity index (χ3v) is 6.97. The van der Waals surface area contributed by atoms with Crippen LogP contribution in [0.5, 0.6) is 5.75 Å². The van der Waals surface area contributed by atoms with Crippen LogP contribution in [0.15, 0.2) is 54.7 Å². The summed E-state index contributed by atoms with van der Waals surface area (Å²) in [6.07, 6.45) is 2.42. The lowest BCUT2D eigenvalue weighted by molar-refractivity contribution is 0.0686. The van der Waals surface area contributed by atoms with Gasteiger partial charge < -0.3 is 19.3 Å². The van der Waals surface area contributed by atoms with Crippen LogP contribution in [0.2, 0.25) is 0 Å². The van der Waals surface area contributed by atoms with Gasteiger partial charge in [0, 0.05) is 25.7 Å². The van der Waals surface area contributed by atoms with Crippen LogP contribution < -0.4 is 4.74 Å². The van der Waals surface area contributed by atoms with E-state index in [1.165, 1.54) is 28.5 Å². The van der Waals surface area contributed by atoms with Gasteiger partial charge in [0.05, 0.1) is 11.9 Å². The number of aromatic carboxylic acids is 1. The van der Waals surface area contributed by atoms with Gasteiger partial charge in [0.15, 0.2) is 5.82 Å². The van der Waals surface area contributed by atoms with Gasteiger partial charge in [-0.05, 0) is 73.8 Å². The number of rotatable bonds is 6. The van der Waals surface area contributed by atoms with Crippen molar-refractivity contribution in [2.75, 3.05) is 13.6 Å². The van der Waals surface area contributed by atoms with Crippen LogP contribution >= 0.6 is 0 Å². The lowest BCUT2D eigenvalue weighted by Crippen LogP contribution is -2.27. The molecule has 7 heteroatoms. The highest BCUT2D eigenvalue weighted by Gasteiger charge is 2.19. The molecule has 7 nitrogen and oxygen atoms in total. The van der Waals surface area contributed by atoms with Crippen molar-refractivity contribution in [3.05, 3.63) is 88.2 Å². The van der Waals surface area contributed by atoms with E-state index in [-0.39, 0.29) is 5.69 Å². The van der Waals surface area contributed by atoms with Crippen LogP contribution in [0.4, 0.5) is 0 Å². The molecule has 0 radical (unpaired) electrons. The van der Waals surface area contributed by atoms with E-state index >= 15 is 0 Å². The van der Waals surface area contributed by atoms with Crippen molar-refractivity contribution in [2.45, 2.75) is 33.4 Å². The molecule has 4 aromatic rings. The van der Waals surface area contributed by atoms with Crippen LogP contribution in [0.1, 0.15) is 38.3 Å². The number of hydrogen-bond acceptors (Lipinski definition) is 5. The van der Waals surface area contributed by atoms with E-state index in [9.17, 15) is 9.90 Å². The molecule has 3 heterocycles. The van der Waals surface area contributed by atoms with Crippen LogP contribution in [-0.2, 0) is 26.6 Å². The highest BCUT2D eigenvalue weighted by molar-refractivity contribution is 5.86. The molecule has 0 atom stereocenters. The molecule has 0 unspecified atom stereocenters. The van der Waals surface area contributed by atoms with Crippen molar-refractivity contribution >= 4 is 5.97 Å². The molecular weight excluding hydrogens is 452 g/mol. The van der Waals surface area contributed by atoms with Crippen molar-refractivity contribution in [2.24, 2.45) is 7.05 Å². The number of aryl methyl sites for hydroxylation is 1. The number of carboxylic acid groups (broad SMARTS) is 1. The minimum atomic E-state index is -1.02. The Hall–Kier alpha value is -3.97. The first-order valence-corrected chi connectivity index (χ1v) is 12.1. The summed E-state index contributed by atoms with van der Waals surface area (Å²) in [6.45, 7) is 6.78. The van der Waals surface area contributed by atoms with Crippen LogP contribution in [-0.4, -0.2) is 44.1 Å². The first kappa shape index (κ1) is 23.8. The average Bonchev–Trinajstić information content (AvgIpc) is 3.26. The van der Waals surface area contributed by atoms with Gasteiger partial charge >= 0.3 is 5.97 Å². The maximum Gasteiger partial charge on any atom is 0.354 e. The van der Waals surface area contributed by atoms with Crippen molar-refractivity contribution in [1.82, 2.24) is 19.4 Å². The molecule has 2 aromatic carbocycles. The molecule has 5 rings (SSSR count). The summed E-state index contributed by atoms with van der Waals surface area (Å²) >= 11 is 0. The predicted octanol–water partition coefficient (Wildman–Crippen LogP) is 5.03. The van der Waals surface area contributed by atoms with E-state index < -0.39 is 5.97 Å². The average molecular weight is 483 g/mol. The molecule has 1 aliphatic rings. The topological polar surface area (TPSA) is 80.5 Å². The molecular formula is C29H30N4O3. The maximum atomic E-state index is 11.4. The fourth-order valence-electron chi connectivity index (χ4n) is 4.87. The van der Waals surface area contributed by atoms with Gasteiger partial charge in [-0.25, -0.2) is 14.8 Å². The number of benzene rings is 2. The first-order valence-electron chi connectivity index (χ1n) is 12.1. The summed E-state index contributed by atoms with van der Waals surface area (Å²) < 4.78 is 7.92. The molecule has 184 valence electrons. The van der Waals surface area contributed by atoms with E-state index in [0.29, 0.717) is 18.1 Å². The van der Waals surface area contributed by atoms with Gasteiger partial charge in [0.25, 0.3) is 0 Å². The monoisotopic (exact) mass is 482 g/mol. The van der Waals surface area contributed by atoms with Gasteiger partial charge in [-0.2, -0.15) is 0 Å². The zero-order valence-corrected chi connectivity index (χ0v) is 21.1. The summed E-state index contributed by atoms with van der Waals surface area (Å²) in [5.41, 5.74) is 8.82. The molecule has 0 fully saturated rings. The van der Waals surface area contributed by atoms with Crippen LogP contribution in [0.25, 0.3) is 22.8 Å². The molecule has 0 spiro atoms. The fraction of sp³-hybridized carbons (Fsp3) is 0.276. The fourth-order valence-corrected chi connectivity index (χ4v) is 4.87. The zero-order chi connectivity index (χ0) is 25.4. The highest BCUT2D eigenvalue weighted by atomic mass is 16.5. The Balaban J connectivity index is 1.45. The van der Waals surface area contributed by atoms with Crippen LogP contribution in [0.3, 0.4) is 0 Å². The largest absolute Gasteiger partial charge is 0.488 e. The number of fused-ring (bicyclic) bond motifs is 1. The number of likely N-dealkylation sites (N-methyl/N-ethyl adjacent to an activating group) is 1. The Kier molecular flexibility index (Phi) is 6.33. The molecule has 1 N–H and O–H groups in total. The summed E-state index contributed by atoms with van der Waals surface area (Å²) in [7, 11) is 3.84. The van der Waals surface area contributed by atoms with Crippen molar-refractivity contribution < 1.29 is 14.6 Å². The van der Waals surface area contributed by atoms with Crippen LogP contribution in [0, 0.1) is 13.8 Å². The number of ether oxygens (including phenoxy) is 1. The van der Waals surface area contributed by atoms with Gasteiger partial charge in [0.2, 0.25) is 0 Å². The molecule has 1 aliphatic heterocycles. The standard InChI is InChI=1S/C29H30N4O3/c1-18-8-11-27(36-17-21-10-9-20-16-32(3)13-12-22(20)19(21)2)23(14-18)24-6-5-7-25(31-24)28-30-15-26(29(34)35)33(28)4/h5-11,14-15H,12-13,16-17H2,1-4H3,(H,34,35). The molecule has 0 saturated heterocycles. The van der Waals surface area contributed by atoms with Gasteiger partial charge in [0.1, 0.15) is 23.7 Å². The van der Waals surface area contributed by atoms with E-state index in [0.717, 1.165) is 42.1 Å². The molecule has 36 heavy (non-hydrogen) atoms. The Bertz CT molecular complexity index is 1460. The number of pyridine rings is 1. The van der Waals surface area contributed by atoms with Gasteiger partial charge in [-0.3, -0.25) is 0 Å². The predicted molar refractivity (Wildman–Crippen MR) is 139 cm³/mol. The summed E-state index contributed by atoms with van der Waals surface area (Å²) in [5.74, 6) is 0.235. The molecule has 0 amide bonds. The molecule has 0 saturated carbocycles. The van der Waals surface area contributed by atoms with E-state index in [4.69, 9.17) is 9.72 Å². The highest BCUT2D eigenvalue weighted by Crippen LogP contribution is 2.33. The molecule has 0 bridgehead atoms. The minimum Gasteiger partial charge on any atom is -0.488 e. The lowest BCUT2D eigenvalue weighted by atomic mass is 9.92. The third kappa shape index (κ3) is 4.50. The lowest BCUT2D eigenvalue weighted by Gasteiger charge is -2.27. The Labute approximate surface area is 211 Å². The number of hydrogen-bond donors (Lipinski definition) is 1. The number of carbonyl (C=O) groups is 1. The smallest absolute Gasteiger partial charge is 0.354 e. The van der Waals surface area contributed by atoms with E-state index in [1.807, 2.05) is 37.3 Å². The van der Waals surface area contributed by atoms with E-state index in [2.05, 4.69) is 42.1 Å². The number of nitrogens with zero attached hydrogens (tertiary/aromatic N) is 4. The molecule has 0 aliphatic carbocycles. The number of carboxylic acids is 1. The first-order chi connectivity index (χ1) is 17.3. The zero-order valence-electron chi connectivity index (χ0n) is 21.1. The number of imidazole rings is 1. The summed E-state index contributed by atoms with van der Waals surface area (Å²) in [5, 5.41) is 9.38. The number of aromatic nitrogens is 3. The Morgan fingerprint density at radius 2 is 1.89 bits per heavy atom. The summed E-state index contributed by atoms with van der Waals surface area (Å²) in [4.78, 5) is 22.9. The normalized spacial score (nSPS) is 13.4. The van der Waals surface area contributed by atoms with Crippen molar-refractivity contribution in [3.63, 3.8) is 0 Å². The summed E-state index contributed by atoms with van der Waals surface area (Å²) in [6, 6.07) is 16.2. The third-order valence-electron chi connectivity index (χ3n) is 6.97. The van der Waals surface area contributed by atoms with Crippen molar-refractivity contribution in [3.8, 4) is 28.5 Å². The second kappa shape index (κ2) is 9.59. The quantitative estimate of drug-likeness (QED) is 0.415. The maximum absolute atomic E-state index is 11.4. The van der Waals surface area contributed by atoms with E-state index in [1.54, 1.807) is 11.6 Å². The SMILES string of the molecule is Cc1ccc(OCc2ccc3c(c2C)CCN(C)C3)c(-c2cccc(-c3ncc(C(=O)O)n3C)n2)c1. The molecule has 2 aromatic heterocycles. The second-order valence-electron chi connectivity index (χ2n) is 9.50. The van der Waals surface area contributed by atoms with Gasteiger partial charge in [-0.1, -0.05) is 29.8 Å². The Morgan fingerprint density at radius 3 is 2.67 bits per heavy atom. The minimum absolute atomic E-state index is 0.115. The Morgan fingerprint density at radius 1 is 1.08 bits per heavy atom.